The van der Waals surface area contributed by atoms with Gasteiger partial charge in [-0.1, -0.05) is 108 Å². The highest BCUT2D eigenvalue weighted by atomic mass is 32.2. The molecule has 17 amide bonds. The molecule has 44 heteroatoms. The molecule has 0 unspecified atom stereocenters. The highest BCUT2D eigenvalue weighted by Crippen LogP contribution is 2.29. The summed E-state index contributed by atoms with van der Waals surface area (Å²) in [5.41, 5.74) is 20.0. The molecule has 3 saturated heterocycles. The van der Waals surface area contributed by atoms with Crippen LogP contribution in [0.25, 0.3) is 21.8 Å². The summed E-state index contributed by atoms with van der Waals surface area (Å²) in [5, 5.41) is 49.9. The first-order chi connectivity index (χ1) is 64.9. The Morgan fingerprint density at radius 3 is 1.60 bits per heavy atom. The largest absolute Gasteiger partial charge is 0.496 e. The van der Waals surface area contributed by atoms with Crippen LogP contribution in [0.2, 0.25) is 0 Å². The molecule has 3 aromatic heterocycles. The van der Waals surface area contributed by atoms with Crippen LogP contribution in [0.1, 0.15) is 147 Å². The molecule has 14 atom stereocenters. The highest BCUT2D eigenvalue weighted by Gasteiger charge is 2.46. The number of nitrogens with two attached hydrogens (primary N) is 3. The lowest BCUT2D eigenvalue weighted by Gasteiger charge is -2.36. The molecular formula is C92H130N24O19S. The van der Waals surface area contributed by atoms with Crippen molar-refractivity contribution in [3.63, 3.8) is 0 Å². The van der Waals surface area contributed by atoms with E-state index >= 15 is 47.9 Å². The van der Waals surface area contributed by atoms with Gasteiger partial charge in [0.2, 0.25) is 100 Å². The van der Waals surface area contributed by atoms with Crippen LogP contribution in [0.4, 0.5) is 0 Å². The van der Waals surface area contributed by atoms with Crippen LogP contribution in [0.5, 0.6) is 5.75 Å². The van der Waals surface area contributed by atoms with Crippen LogP contribution in [0, 0.1) is 11.3 Å². The summed E-state index contributed by atoms with van der Waals surface area (Å²) in [5.74, 6) is -16.7. The third-order valence-corrected chi connectivity index (χ3v) is 25.6. The molecule has 6 heterocycles. The van der Waals surface area contributed by atoms with Crippen molar-refractivity contribution in [2.24, 2.45) is 23.1 Å². The fraction of sp³-hybridized carbons (Fsp3) is 0.533. The Morgan fingerprint density at radius 1 is 0.529 bits per heavy atom. The molecule has 0 radical (unpaired) electrons. The molecule has 43 nitrogen and oxygen atoms in total. The summed E-state index contributed by atoms with van der Waals surface area (Å²) in [7, 11) is 5.34. The molecule has 3 aliphatic rings. The third-order valence-electron chi connectivity index (χ3n) is 24.5. The Labute approximate surface area is 792 Å². The number of aliphatic hydroxyl groups excluding tert-OH is 1. The van der Waals surface area contributed by atoms with Crippen LogP contribution >= 0.6 is 11.8 Å². The van der Waals surface area contributed by atoms with Gasteiger partial charge in [0.05, 0.1) is 38.8 Å². The first-order valence-corrected chi connectivity index (χ1v) is 47.0. The van der Waals surface area contributed by atoms with Crippen LogP contribution in [0.15, 0.2) is 97.7 Å². The Kier molecular flexibility index (Phi) is 39.9. The zero-order valence-corrected chi connectivity index (χ0v) is 79.0. The zero-order chi connectivity index (χ0) is 99.1. The smallest absolute Gasteiger partial charge is 0.246 e. The van der Waals surface area contributed by atoms with Gasteiger partial charge in [-0.2, -0.15) is 0 Å². The number of primary amides is 2. The van der Waals surface area contributed by atoms with E-state index in [2.05, 4.69) is 78.4 Å². The van der Waals surface area contributed by atoms with Gasteiger partial charge in [0.15, 0.2) is 5.96 Å². The number of aromatic amines is 3. The van der Waals surface area contributed by atoms with Gasteiger partial charge in [0, 0.05) is 118 Å². The number of rotatable bonds is 27. The fourth-order valence-electron chi connectivity index (χ4n) is 17.0. The number of hydrogen-bond donors (Lipinski definition) is 19. The second kappa shape index (κ2) is 51.1. The van der Waals surface area contributed by atoms with Crippen molar-refractivity contribution in [3.05, 3.63) is 120 Å². The summed E-state index contributed by atoms with van der Waals surface area (Å²) in [4.78, 5) is 270. The molecule has 3 aliphatic heterocycles. The molecule has 3 fully saturated rings. The minimum atomic E-state index is -1.85. The summed E-state index contributed by atoms with van der Waals surface area (Å²) in [6.07, 6.45) is 6.28. The molecule has 738 valence electrons. The number of unbranched alkanes of at least 4 members (excludes halogenated alkanes) is 2. The molecule has 9 rings (SSSR count). The van der Waals surface area contributed by atoms with Crippen molar-refractivity contribution in [1.82, 2.24) is 103 Å². The number of carbonyl (C=O) groups excluding carboxylic acids is 17. The molecular weight excluding hydrogens is 1780 g/mol. The van der Waals surface area contributed by atoms with E-state index in [-0.39, 0.29) is 109 Å². The minimum Gasteiger partial charge on any atom is -0.496 e. The van der Waals surface area contributed by atoms with Crippen molar-refractivity contribution in [2.75, 3.05) is 72.5 Å². The SMILES string of the molecule is CCCC[C@H]1C(=O)N(C)[C@@H](CCCC)C(=O)N[C@@H](CCCNC(=N)N)C(=O)N[C@H](C(=O)NCC(N)=O)CSCC(=O)N[C@@H](Cc2ccccc2OC)C(=O)N(C)[C@@H](C)C(=O)N[C@@H](CC(N)=O)C(=O)N2CCC[C@H]2C(=O)N[C@@H](Cc2cnc[nH]2)C(=O)N[C@@H](CC(C)C)C(=O)N2CCC[C@H]2C(=O)N[C@@H](Cc2c[nH]c3ccccc23)C(=O)N[C@@H](CO)C(=O)N[C@@H](Cc2c[nH]c3ccccc23)C(=O)N1C. The number of nitrogens with zero attached hydrogens (tertiary/aromatic N) is 6. The van der Waals surface area contributed by atoms with Gasteiger partial charge < -0.3 is 125 Å². The lowest BCUT2D eigenvalue weighted by molar-refractivity contribution is -0.149. The maximum Gasteiger partial charge on any atom is 0.246 e. The standard InChI is InChI=1S/C92H130N24O19S/c1-10-12-29-70-84(127)104-61(28-20-34-98-92(95)96)80(123)111-69(79(122)101-46-76(94)119)48-136-49-77(120)103-65(38-53-23-14-19-33-74(53)135-9)87(130)112(6)52(5)78(121)107-67(42-75(93)118)90(133)116-36-22-32-72(116)86(129)106-63(41-56-45-97-50-102-56)82(125)108-64(37-51(3)4)89(132)115-35-21-31-71(115)85(128)105-62(39-54-43-99-59-26-17-15-24-57(54)59)81(124)110-68(47-117)83(126)109-66(40-55-44-100-60-27-18-16-25-58(55)60)88(131)114(8)73(30-13-11-2)91(134)113(70)7/h14-19,23-27,33,43-45,50-52,61-73,99-100,117H,10-13,20-22,28-32,34-42,46-49H2,1-9H3,(H2,93,118)(H2,94,119)(H,97,102)(H,101,122)(H,103,120)(H,104,127)(H,105,128)(H,106,129)(H,107,121)(H,108,125)(H,109,126)(H,110,124)(H,111,123)(H4,95,96,98)/t52-,61-,62-,63-,64-,65-,66-,67-,68-,69-,70-,71-,72-,73-/m0/s1. The molecule has 0 bridgehead atoms. The number of methoxy groups -OCH3 is 1. The van der Waals surface area contributed by atoms with Crippen molar-refractivity contribution in [3.8, 4) is 5.75 Å². The van der Waals surface area contributed by atoms with Crippen LogP contribution < -0.4 is 80.4 Å². The number of para-hydroxylation sites is 3. The molecule has 0 aliphatic carbocycles. The maximum absolute atomic E-state index is 15.8. The Bertz CT molecular complexity index is 5240. The minimum absolute atomic E-state index is 0.00300. The average molecular weight is 1910 g/mol. The highest BCUT2D eigenvalue weighted by molar-refractivity contribution is 8.00. The van der Waals surface area contributed by atoms with Crippen LogP contribution in [0.3, 0.4) is 0 Å². The number of guanidine groups is 1. The maximum atomic E-state index is 15.8. The van der Waals surface area contributed by atoms with Gasteiger partial charge in [0.1, 0.15) is 90.3 Å². The second-order valence-corrected chi connectivity index (χ2v) is 35.9. The topological polar surface area (TPSA) is 630 Å². The average Bonchev–Trinajstić information content (AvgIpc) is 1.55. The third kappa shape index (κ3) is 29.2. The normalized spacial score (nSPS) is 24.1. The molecule has 136 heavy (non-hydrogen) atoms. The van der Waals surface area contributed by atoms with E-state index in [1.165, 1.54) is 52.6 Å². The van der Waals surface area contributed by atoms with E-state index in [1.807, 2.05) is 13.8 Å². The molecule has 3 aromatic carbocycles. The lowest BCUT2D eigenvalue weighted by atomic mass is 10.00. The van der Waals surface area contributed by atoms with E-state index in [4.69, 9.17) is 27.3 Å². The molecule has 0 spiro atoms. The second-order valence-electron chi connectivity index (χ2n) is 34.9. The number of ether oxygens (including phenoxy) is 1. The monoisotopic (exact) mass is 1910 g/mol. The fourth-order valence-corrected chi connectivity index (χ4v) is 17.9. The number of nitrogens with one attached hydrogen (secondary N) is 15. The van der Waals surface area contributed by atoms with Gasteiger partial charge in [-0.05, 0) is 106 Å². The Balaban J connectivity index is 1.10. The number of H-pyrrole nitrogens is 3. The number of likely N-dealkylation sites (N-methyl/N-ethyl adjacent to an activating group) is 3. The predicted molar refractivity (Wildman–Crippen MR) is 503 cm³/mol. The quantitative estimate of drug-likeness (QED) is 0.0157. The number of thioether (sulfide) groups is 1. The molecule has 0 saturated carbocycles. The number of imidazole rings is 1. The van der Waals surface area contributed by atoms with E-state index in [0.29, 0.717) is 75.6 Å². The van der Waals surface area contributed by atoms with Gasteiger partial charge in [-0.25, -0.2) is 4.98 Å². The van der Waals surface area contributed by atoms with Crippen LogP contribution in [-0.4, -0.2) is 313 Å². The Hall–Kier alpha value is -13.7. The van der Waals surface area contributed by atoms with Gasteiger partial charge in [-0.3, -0.25) is 86.9 Å². The summed E-state index contributed by atoms with van der Waals surface area (Å²) >= 11 is 0.780. The van der Waals surface area contributed by atoms with Gasteiger partial charge in [-0.15, -0.1) is 11.8 Å². The van der Waals surface area contributed by atoms with E-state index < -0.39 is 222 Å². The summed E-state index contributed by atoms with van der Waals surface area (Å²) in [6, 6.07) is -0.354. The van der Waals surface area contributed by atoms with Gasteiger partial charge in [0.25, 0.3) is 0 Å². The number of carbonyl (C=O) groups is 17. The van der Waals surface area contributed by atoms with E-state index in [1.54, 1.807) is 99.0 Å². The summed E-state index contributed by atoms with van der Waals surface area (Å²) < 4.78 is 5.61. The first kappa shape index (κ1) is 106. The van der Waals surface area contributed by atoms with Crippen molar-refractivity contribution in [2.45, 2.75) is 235 Å². The number of hydrogen-bond acceptors (Lipinski definition) is 22. The predicted octanol–water partition coefficient (Wildman–Crippen LogP) is -1.60. The number of aliphatic hydroxyl groups is 1. The van der Waals surface area contributed by atoms with Crippen LogP contribution in [-0.2, 0) is 107 Å². The van der Waals surface area contributed by atoms with Gasteiger partial charge >= 0.3 is 0 Å². The molecule has 6 aromatic rings. The van der Waals surface area contributed by atoms with Crippen molar-refractivity contribution in [1.29, 1.82) is 5.41 Å². The zero-order valence-electron chi connectivity index (χ0n) is 78.2. The number of aromatic nitrogens is 4. The first-order valence-electron chi connectivity index (χ1n) is 45.9. The number of amides is 17. The lowest BCUT2D eigenvalue weighted by Crippen LogP contribution is -2.62. The summed E-state index contributed by atoms with van der Waals surface area (Å²) in [6.45, 7) is 6.70. The Morgan fingerprint density at radius 2 is 1.03 bits per heavy atom. The molecule has 22 N–H and O–H groups in total. The van der Waals surface area contributed by atoms with Crippen molar-refractivity contribution < 1.29 is 91.4 Å². The number of benzene rings is 3. The van der Waals surface area contributed by atoms with E-state index in [0.717, 1.165) is 31.4 Å². The van der Waals surface area contributed by atoms with Crippen molar-refractivity contribution >= 4 is 140 Å². The van der Waals surface area contributed by atoms with E-state index in [9.17, 15) is 38.7 Å². The number of fused-ring (bicyclic) bond motifs is 4.